The molecule has 146 valence electrons. The van der Waals surface area contributed by atoms with Crippen molar-refractivity contribution in [1.82, 2.24) is 4.98 Å². The van der Waals surface area contributed by atoms with Crippen LogP contribution in [-0.4, -0.2) is 32.0 Å². The fraction of sp³-hybridized carbons (Fsp3) is 0.435. The smallest absolute Gasteiger partial charge is 0.281 e. The number of aromatic nitrogens is 1. The molecule has 0 amide bonds. The summed E-state index contributed by atoms with van der Waals surface area (Å²) in [5.74, 6) is 0.810. The van der Waals surface area contributed by atoms with Gasteiger partial charge in [0.15, 0.2) is 0 Å². The molecule has 1 fully saturated rings. The Kier molecular flexibility index (Phi) is 6.00. The van der Waals surface area contributed by atoms with Gasteiger partial charge in [-0.2, -0.15) is 0 Å². The van der Waals surface area contributed by atoms with Gasteiger partial charge in [-0.25, -0.2) is 11.6 Å². The van der Waals surface area contributed by atoms with Crippen molar-refractivity contribution >= 4 is 19.0 Å². The van der Waals surface area contributed by atoms with Gasteiger partial charge in [-0.15, -0.1) is 0 Å². The van der Waals surface area contributed by atoms with E-state index in [1.165, 1.54) is 5.19 Å². The Morgan fingerprint density at radius 3 is 2.54 bits per heavy atom. The first kappa shape index (κ1) is 20.3. The third-order valence-corrected chi connectivity index (χ3v) is 10.7. The zero-order valence-corrected chi connectivity index (χ0v) is 18.1. The highest BCUT2D eigenvalue weighted by molar-refractivity contribution is 6.91. The highest BCUT2D eigenvalue weighted by Gasteiger charge is 2.52. The van der Waals surface area contributed by atoms with Crippen molar-refractivity contribution in [1.29, 1.82) is 0 Å². The maximum absolute atomic E-state index is 13.3. The van der Waals surface area contributed by atoms with E-state index in [2.05, 4.69) is 54.1 Å². The minimum Gasteiger partial charge on any atom is -0.481 e. The first-order valence-corrected chi connectivity index (χ1v) is 12.9. The molecule has 1 aliphatic rings. The number of ketones is 1. The summed E-state index contributed by atoms with van der Waals surface area (Å²) < 4.78 is 5.26. The highest BCUT2D eigenvalue weighted by Crippen LogP contribution is 2.46. The van der Waals surface area contributed by atoms with Crippen LogP contribution in [0.4, 0.5) is 0 Å². The van der Waals surface area contributed by atoms with Crippen LogP contribution in [0.3, 0.4) is 0 Å². The molecule has 0 saturated heterocycles. The van der Waals surface area contributed by atoms with Crippen LogP contribution in [0.1, 0.15) is 19.0 Å². The van der Waals surface area contributed by atoms with Gasteiger partial charge in [-0.1, -0.05) is 61.6 Å². The molecule has 1 aliphatic carbocycles. The third-order valence-electron chi connectivity index (χ3n) is 6.26. The van der Waals surface area contributed by atoms with Gasteiger partial charge in [0.05, 0.1) is 15.2 Å². The lowest BCUT2D eigenvalue weighted by atomic mass is 9.76. The molecule has 0 aliphatic heterocycles. The highest BCUT2D eigenvalue weighted by atomic mass is 28.3. The Hall–Kier alpha value is -2.45. The molecular weight excluding hydrogens is 364 g/mol. The Bertz CT molecular complexity index is 876. The second-order valence-electron chi connectivity index (χ2n) is 8.36. The number of carbonyl (C=O) groups excluding carboxylic acids is 1. The third kappa shape index (κ3) is 3.88. The van der Waals surface area contributed by atoms with Gasteiger partial charge in [0.2, 0.25) is 11.7 Å². The number of hydrogen-bond acceptors (Lipinski definition) is 3. The van der Waals surface area contributed by atoms with Crippen LogP contribution in [0, 0.1) is 18.4 Å². The second-order valence-corrected chi connectivity index (χ2v) is 13.0. The van der Waals surface area contributed by atoms with E-state index in [9.17, 15) is 4.79 Å². The molecule has 1 aromatic carbocycles. The lowest BCUT2D eigenvalue weighted by Crippen LogP contribution is -2.55. The molecule has 0 N–H and O–H groups in total. The van der Waals surface area contributed by atoms with Crippen molar-refractivity contribution in [2.24, 2.45) is 11.8 Å². The van der Waals surface area contributed by atoms with E-state index in [1.807, 2.05) is 24.3 Å². The van der Waals surface area contributed by atoms with Crippen LogP contribution in [0.2, 0.25) is 18.6 Å². The Balaban J connectivity index is 2.01. The first-order valence-electron chi connectivity index (χ1n) is 9.84. The van der Waals surface area contributed by atoms with Crippen molar-refractivity contribution in [3.63, 3.8) is 0 Å². The van der Waals surface area contributed by atoms with Crippen LogP contribution >= 0.6 is 0 Å². The number of carbonyl (C=O) groups is 1. The molecule has 3 rings (SSSR count). The zero-order chi connectivity index (χ0) is 20.3. The average molecular weight is 393 g/mol. The lowest BCUT2D eigenvalue weighted by Gasteiger charge is -2.44. The molecule has 4 atom stereocenters. The second kappa shape index (κ2) is 8.28. The minimum atomic E-state index is -1.95. The van der Waals surface area contributed by atoms with E-state index in [0.717, 1.165) is 5.69 Å². The van der Waals surface area contributed by atoms with Crippen molar-refractivity contribution in [2.45, 2.75) is 44.4 Å². The molecule has 0 spiro atoms. The summed E-state index contributed by atoms with van der Waals surface area (Å²) in [6.45, 7) is 14.5. The van der Waals surface area contributed by atoms with Gasteiger partial charge in [-0.05, 0) is 23.9 Å². The van der Waals surface area contributed by atoms with E-state index in [1.54, 1.807) is 7.11 Å². The SMILES string of the molecule is [C-]#[N+]C1C[C@@H](C)[C@H]([Si](C)(C)c2ccccc2)[C@@H](Cc2cccc(OC)n2)C1=O. The molecule has 0 radical (unpaired) electrons. The zero-order valence-electron chi connectivity index (χ0n) is 17.1. The molecule has 1 unspecified atom stereocenters. The number of hydrogen-bond donors (Lipinski definition) is 0. The molecule has 1 heterocycles. The number of benzene rings is 1. The van der Waals surface area contributed by atoms with Gasteiger partial charge in [-0.3, -0.25) is 4.79 Å². The fourth-order valence-electron chi connectivity index (χ4n) is 4.96. The van der Waals surface area contributed by atoms with E-state index in [-0.39, 0.29) is 17.2 Å². The van der Waals surface area contributed by atoms with Gasteiger partial charge in [0.1, 0.15) is 0 Å². The Morgan fingerprint density at radius 1 is 1.18 bits per heavy atom. The van der Waals surface area contributed by atoms with Crippen molar-refractivity contribution < 1.29 is 9.53 Å². The molecule has 4 nitrogen and oxygen atoms in total. The summed E-state index contributed by atoms with van der Waals surface area (Å²) in [5, 5.41) is 1.37. The summed E-state index contributed by atoms with van der Waals surface area (Å²) in [7, 11) is -0.347. The molecule has 0 bridgehead atoms. The number of nitrogens with zero attached hydrogens (tertiary/aromatic N) is 2. The largest absolute Gasteiger partial charge is 0.481 e. The first-order chi connectivity index (χ1) is 13.4. The maximum Gasteiger partial charge on any atom is 0.281 e. The summed E-state index contributed by atoms with van der Waals surface area (Å²) in [6, 6.07) is 15.8. The summed E-state index contributed by atoms with van der Waals surface area (Å²) in [6.07, 6.45) is 1.23. The Labute approximate surface area is 168 Å². The van der Waals surface area contributed by atoms with Gasteiger partial charge in [0.25, 0.3) is 6.04 Å². The normalized spacial score (nSPS) is 25.2. The van der Waals surface area contributed by atoms with E-state index in [4.69, 9.17) is 11.3 Å². The van der Waals surface area contributed by atoms with Crippen LogP contribution in [0.15, 0.2) is 48.5 Å². The number of ether oxygens (including phenoxy) is 1. The van der Waals surface area contributed by atoms with Crippen molar-refractivity contribution in [3.05, 3.63) is 65.6 Å². The van der Waals surface area contributed by atoms with Crippen molar-refractivity contribution in [3.8, 4) is 5.88 Å². The monoisotopic (exact) mass is 392 g/mol. The molecule has 28 heavy (non-hydrogen) atoms. The van der Waals surface area contributed by atoms with Gasteiger partial charge >= 0.3 is 0 Å². The topological polar surface area (TPSA) is 43.5 Å². The minimum absolute atomic E-state index is 0.0965. The van der Waals surface area contributed by atoms with Gasteiger partial charge in [0, 0.05) is 24.1 Å². The van der Waals surface area contributed by atoms with E-state index >= 15 is 0 Å². The number of pyridine rings is 1. The lowest BCUT2D eigenvalue weighted by molar-refractivity contribution is -0.126. The van der Waals surface area contributed by atoms with Crippen LogP contribution in [0.25, 0.3) is 4.85 Å². The molecule has 1 aromatic heterocycles. The Morgan fingerprint density at radius 2 is 1.89 bits per heavy atom. The fourth-order valence-corrected chi connectivity index (χ4v) is 9.25. The average Bonchev–Trinajstić information content (AvgIpc) is 2.71. The predicted octanol–water partition coefficient (Wildman–Crippen LogP) is 4.13. The van der Waals surface area contributed by atoms with E-state index in [0.29, 0.717) is 24.6 Å². The van der Waals surface area contributed by atoms with Crippen molar-refractivity contribution in [2.75, 3.05) is 7.11 Å². The molecular formula is C23H28N2O2Si. The van der Waals surface area contributed by atoms with E-state index < -0.39 is 14.1 Å². The summed E-state index contributed by atoms with van der Waals surface area (Å²) in [5.41, 5.74) is 1.13. The molecule has 5 heteroatoms. The summed E-state index contributed by atoms with van der Waals surface area (Å²) >= 11 is 0. The number of Topliss-reactive ketones (excluding diaryl/α,β-unsaturated/α-hetero) is 1. The quantitative estimate of drug-likeness (QED) is 0.568. The maximum atomic E-state index is 13.3. The predicted molar refractivity (Wildman–Crippen MR) is 114 cm³/mol. The summed E-state index contributed by atoms with van der Waals surface area (Å²) in [4.78, 5) is 21.5. The van der Waals surface area contributed by atoms with Gasteiger partial charge < -0.3 is 9.58 Å². The van der Waals surface area contributed by atoms with Crippen LogP contribution in [-0.2, 0) is 11.2 Å². The van der Waals surface area contributed by atoms with Crippen LogP contribution < -0.4 is 9.92 Å². The standard InChI is InChI=1S/C23H28N2O2Si/c1-16-14-20(24-2)22(26)19(15-17-10-9-13-21(25-17)27-3)23(16)28(4,5)18-11-7-6-8-12-18/h6-13,16,19-20,23H,14-15H2,1,3-5H3/t16-,19+,20?,23+/m1/s1. The number of methoxy groups -OCH3 is 1. The van der Waals surface area contributed by atoms with Crippen LogP contribution in [0.5, 0.6) is 5.88 Å². The number of rotatable bonds is 5. The molecule has 1 saturated carbocycles. The molecule has 2 aromatic rings.